The molecule has 1 heterocycles. The molecule has 0 spiro atoms. The second kappa shape index (κ2) is 6.27. The first-order chi connectivity index (χ1) is 9.59. The molecule has 1 unspecified atom stereocenters. The number of hydrogen-bond acceptors (Lipinski definition) is 3. The number of benzene rings is 1. The summed E-state index contributed by atoms with van der Waals surface area (Å²) in [5.41, 5.74) is -0.204. The second-order valence-corrected chi connectivity index (χ2v) is 5.51. The fraction of sp³-hybridized carbons (Fsp3) is 0.562. The number of rotatable bonds is 4. The van der Waals surface area contributed by atoms with E-state index in [0.29, 0.717) is 5.75 Å². The number of ether oxygens (including phenoxy) is 1. The molecule has 110 valence electrons. The highest BCUT2D eigenvalue weighted by atomic mass is 16.5. The van der Waals surface area contributed by atoms with Gasteiger partial charge in [-0.25, -0.2) is 4.79 Å². The molecule has 1 aliphatic rings. The molecule has 4 nitrogen and oxygen atoms in total. The number of hydrogen-bond donors (Lipinski definition) is 1. The third kappa shape index (κ3) is 2.80. The molecule has 1 saturated heterocycles. The summed E-state index contributed by atoms with van der Waals surface area (Å²) in [5, 5.41) is 9.81. The summed E-state index contributed by atoms with van der Waals surface area (Å²) in [6, 6.07) is 7.40. The minimum Gasteiger partial charge on any atom is -0.497 e. The van der Waals surface area contributed by atoms with Gasteiger partial charge in [0.2, 0.25) is 0 Å². The van der Waals surface area contributed by atoms with Gasteiger partial charge in [0.1, 0.15) is 11.3 Å². The van der Waals surface area contributed by atoms with E-state index in [1.807, 2.05) is 24.3 Å². The van der Waals surface area contributed by atoms with Gasteiger partial charge < -0.3 is 9.84 Å². The largest absolute Gasteiger partial charge is 0.497 e. The summed E-state index contributed by atoms with van der Waals surface area (Å²) in [5.74, 6) is -0.0996. The van der Waals surface area contributed by atoms with Gasteiger partial charge >= 0.3 is 5.97 Å². The zero-order valence-electron chi connectivity index (χ0n) is 12.3. The minimum atomic E-state index is -0.987. The molecule has 1 aromatic rings. The van der Waals surface area contributed by atoms with Gasteiger partial charge in [0.25, 0.3) is 0 Å². The van der Waals surface area contributed by atoms with Gasteiger partial charge in [-0.1, -0.05) is 25.0 Å². The summed E-state index contributed by atoms with van der Waals surface area (Å²) in [6.07, 6.45) is 4.49. The highest BCUT2D eigenvalue weighted by Gasteiger charge is 2.41. The van der Waals surface area contributed by atoms with Crippen LogP contribution in [-0.2, 0) is 10.3 Å². The normalized spacial score (nSPS) is 19.9. The molecular weight excluding hydrogens is 254 g/mol. The molecule has 0 aromatic heterocycles. The highest BCUT2D eigenvalue weighted by Crippen LogP contribution is 2.32. The third-order valence-electron chi connectivity index (χ3n) is 4.29. The molecule has 0 saturated carbocycles. The van der Waals surface area contributed by atoms with Gasteiger partial charge in [-0.05, 0) is 50.6 Å². The van der Waals surface area contributed by atoms with Gasteiger partial charge in [-0.15, -0.1) is 0 Å². The summed E-state index contributed by atoms with van der Waals surface area (Å²) in [4.78, 5) is 14.0. The van der Waals surface area contributed by atoms with Crippen LogP contribution in [0.4, 0.5) is 0 Å². The van der Waals surface area contributed by atoms with Gasteiger partial charge in [0.15, 0.2) is 0 Å². The van der Waals surface area contributed by atoms with Crippen LogP contribution in [0.3, 0.4) is 0 Å². The first kappa shape index (κ1) is 14.9. The van der Waals surface area contributed by atoms with Crippen LogP contribution < -0.4 is 4.74 Å². The van der Waals surface area contributed by atoms with Crippen molar-refractivity contribution in [3.05, 3.63) is 29.8 Å². The van der Waals surface area contributed by atoms with E-state index in [9.17, 15) is 9.90 Å². The van der Waals surface area contributed by atoms with Gasteiger partial charge in [-0.3, -0.25) is 4.90 Å². The van der Waals surface area contributed by atoms with Crippen LogP contribution in [0.5, 0.6) is 5.75 Å². The minimum absolute atomic E-state index is 0.699. The molecule has 0 amide bonds. The summed E-state index contributed by atoms with van der Waals surface area (Å²) in [7, 11) is 1.60. The first-order valence-corrected chi connectivity index (χ1v) is 7.22. The number of carboxylic acid groups (broad SMARTS) is 1. The van der Waals surface area contributed by atoms with Gasteiger partial charge in [0.05, 0.1) is 7.11 Å². The molecule has 1 fully saturated rings. The van der Waals surface area contributed by atoms with Crippen molar-refractivity contribution in [3.63, 3.8) is 0 Å². The maximum Gasteiger partial charge on any atom is 0.328 e. The predicted molar refractivity (Wildman–Crippen MR) is 78.0 cm³/mol. The maximum atomic E-state index is 12.0. The van der Waals surface area contributed by atoms with Crippen molar-refractivity contribution in [2.45, 2.75) is 38.1 Å². The number of carbonyl (C=O) groups is 1. The van der Waals surface area contributed by atoms with Crippen LogP contribution in [0, 0.1) is 0 Å². The van der Waals surface area contributed by atoms with Crippen LogP contribution in [-0.4, -0.2) is 36.2 Å². The second-order valence-electron chi connectivity index (χ2n) is 5.51. The number of likely N-dealkylation sites (tertiary alicyclic amines) is 1. The van der Waals surface area contributed by atoms with E-state index in [0.717, 1.165) is 31.5 Å². The quantitative estimate of drug-likeness (QED) is 0.919. The molecule has 0 aliphatic carbocycles. The number of nitrogens with zero attached hydrogens (tertiary/aromatic N) is 1. The van der Waals surface area contributed by atoms with Crippen molar-refractivity contribution in [2.75, 3.05) is 20.2 Å². The third-order valence-corrected chi connectivity index (χ3v) is 4.29. The predicted octanol–water partition coefficient (Wildman–Crippen LogP) is 2.87. The highest BCUT2D eigenvalue weighted by molar-refractivity contribution is 5.80. The molecule has 0 bridgehead atoms. The SMILES string of the molecule is COc1cccc(C(C)(C(=O)O)N2CCCCCC2)c1. The zero-order chi connectivity index (χ0) is 14.6. The van der Waals surface area contributed by atoms with E-state index in [2.05, 4.69) is 4.90 Å². The van der Waals surface area contributed by atoms with Crippen LogP contribution in [0.2, 0.25) is 0 Å². The lowest BCUT2D eigenvalue weighted by Crippen LogP contribution is -2.50. The molecule has 2 rings (SSSR count). The van der Waals surface area contributed by atoms with E-state index in [1.54, 1.807) is 14.0 Å². The average Bonchev–Trinajstić information content (AvgIpc) is 2.75. The summed E-state index contributed by atoms with van der Waals surface area (Å²) < 4.78 is 5.23. The molecule has 1 N–H and O–H groups in total. The summed E-state index contributed by atoms with van der Waals surface area (Å²) >= 11 is 0. The van der Waals surface area contributed by atoms with E-state index in [1.165, 1.54) is 12.8 Å². The molecule has 20 heavy (non-hydrogen) atoms. The van der Waals surface area contributed by atoms with Crippen LogP contribution in [0.15, 0.2) is 24.3 Å². The monoisotopic (exact) mass is 277 g/mol. The first-order valence-electron chi connectivity index (χ1n) is 7.22. The van der Waals surface area contributed by atoms with Crippen LogP contribution in [0.25, 0.3) is 0 Å². The molecule has 4 heteroatoms. The van der Waals surface area contributed by atoms with E-state index < -0.39 is 11.5 Å². The number of methoxy groups -OCH3 is 1. The van der Waals surface area contributed by atoms with Gasteiger partial charge in [0, 0.05) is 0 Å². The van der Waals surface area contributed by atoms with E-state index >= 15 is 0 Å². The van der Waals surface area contributed by atoms with Gasteiger partial charge in [-0.2, -0.15) is 0 Å². The molecule has 1 aliphatic heterocycles. The Morgan fingerprint density at radius 2 is 1.90 bits per heavy atom. The fourth-order valence-electron chi connectivity index (χ4n) is 2.89. The van der Waals surface area contributed by atoms with Crippen molar-refractivity contribution in [2.24, 2.45) is 0 Å². The summed E-state index contributed by atoms with van der Waals surface area (Å²) in [6.45, 7) is 3.47. The molecule has 1 aromatic carbocycles. The Morgan fingerprint density at radius 1 is 1.25 bits per heavy atom. The molecule has 1 atom stereocenters. The lowest BCUT2D eigenvalue weighted by molar-refractivity contribution is -0.151. The Morgan fingerprint density at radius 3 is 2.45 bits per heavy atom. The van der Waals surface area contributed by atoms with Crippen molar-refractivity contribution < 1.29 is 14.6 Å². The van der Waals surface area contributed by atoms with E-state index in [4.69, 9.17) is 4.74 Å². The zero-order valence-corrected chi connectivity index (χ0v) is 12.3. The lowest BCUT2D eigenvalue weighted by Gasteiger charge is -2.37. The van der Waals surface area contributed by atoms with Crippen molar-refractivity contribution >= 4 is 5.97 Å². The Balaban J connectivity index is 2.39. The smallest absolute Gasteiger partial charge is 0.328 e. The lowest BCUT2D eigenvalue weighted by atomic mass is 9.89. The molecule has 0 radical (unpaired) electrons. The standard InChI is InChI=1S/C16H23NO3/c1-16(15(18)19,17-10-5-3-4-6-11-17)13-8-7-9-14(12-13)20-2/h7-9,12H,3-6,10-11H2,1-2H3,(H,18,19). The fourth-order valence-corrected chi connectivity index (χ4v) is 2.89. The van der Waals surface area contributed by atoms with Crippen molar-refractivity contribution in [3.8, 4) is 5.75 Å². The van der Waals surface area contributed by atoms with E-state index in [-0.39, 0.29) is 0 Å². The topological polar surface area (TPSA) is 49.8 Å². The Bertz CT molecular complexity index is 467. The maximum absolute atomic E-state index is 12.0. The van der Waals surface area contributed by atoms with Crippen LogP contribution >= 0.6 is 0 Å². The number of aliphatic carboxylic acids is 1. The number of carboxylic acids is 1. The van der Waals surface area contributed by atoms with Crippen molar-refractivity contribution in [1.82, 2.24) is 4.90 Å². The van der Waals surface area contributed by atoms with Crippen molar-refractivity contribution in [1.29, 1.82) is 0 Å². The Kier molecular flexibility index (Phi) is 4.65. The Labute approximate surface area is 120 Å². The average molecular weight is 277 g/mol. The molecular formula is C16H23NO3. The van der Waals surface area contributed by atoms with Crippen LogP contribution in [0.1, 0.15) is 38.2 Å². The Hall–Kier alpha value is -1.55.